The van der Waals surface area contributed by atoms with E-state index < -0.39 is 0 Å². The topological polar surface area (TPSA) is 41.7 Å². The van der Waals surface area contributed by atoms with Crippen molar-refractivity contribution in [1.82, 2.24) is 9.80 Å². The summed E-state index contributed by atoms with van der Waals surface area (Å²) in [6, 6.07) is 7.59. The molecular formula is C17H27N3O. The molecule has 2 heterocycles. The van der Waals surface area contributed by atoms with Gasteiger partial charge in [-0.3, -0.25) is 4.90 Å². The quantitative estimate of drug-likeness (QED) is 0.895. The Morgan fingerprint density at radius 2 is 2.29 bits per heavy atom. The van der Waals surface area contributed by atoms with Crippen molar-refractivity contribution in [3.8, 4) is 5.75 Å². The Hall–Kier alpha value is -1.10. The number of hydrogen-bond acceptors (Lipinski definition) is 4. The molecule has 0 aromatic heterocycles. The van der Waals surface area contributed by atoms with Crippen LogP contribution < -0.4 is 10.5 Å². The summed E-state index contributed by atoms with van der Waals surface area (Å²) < 4.78 is 5.61. The summed E-state index contributed by atoms with van der Waals surface area (Å²) in [4.78, 5) is 4.89. The Bertz CT molecular complexity index is 489. The van der Waals surface area contributed by atoms with E-state index >= 15 is 0 Å². The molecule has 3 rings (SSSR count). The number of ether oxygens (including phenoxy) is 1. The Balaban J connectivity index is 1.80. The van der Waals surface area contributed by atoms with Crippen LogP contribution in [0.4, 0.5) is 0 Å². The van der Waals surface area contributed by atoms with Gasteiger partial charge in [-0.2, -0.15) is 0 Å². The molecule has 2 unspecified atom stereocenters. The Kier molecular flexibility index (Phi) is 4.48. The zero-order chi connectivity index (χ0) is 14.8. The Morgan fingerprint density at radius 1 is 1.43 bits per heavy atom. The number of fused-ring (bicyclic) bond motifs is 1. The number of likely N-dealkylation sites (tertiary alicyclic amines) is 1. The van der Waals surface area contributed by atoms with E-state index in [4.69, 9.17) is 10.5 Å². The number of benzene rings is 1. The molecule has 4 heteroatoms. The zero-order valence-corrected chi connectivity index (χ0v) is 13.2. The maximum absolute atomic E-state index is 6.14. The van der Waals surface area contributed by atoms with Gasteiger partial charge in [-0.15, -0.1) is 0 Å². The number of hydrogen-bond donors (Lipinski definition) is 1. The predicted molar refractivity (Wildman–Crippen MR) is 85.7 cm³/mol. The van der Waals surface area contributed by atoms with E-state index in [9.17, 15) is 0 Å². The lowest BCUT2D eigenvalue weighted by molar-refractivity contribution is 0.156. The highest BCUT2D eigenvalue weighted by atomic mass is 16.5. The number of nitrogens with two attached hydrogens (primary N) is 1. The van der Waals surface area contributed by atoms with E-state index in [0.717, 1.165) is 31.9 Å². The molecule has 4 nitrogen and oxygen atoms in total. The van der Waals surface area contributed by atoms with Crippen molar-refractivity contribution in [3.63, 3.8) is 0 Å². The van der Waals surface area contributed by atoms with Gasteiger partial charge >= 0.3 is 0 Å². The van der Waals surface area contributed by atoms with Crippen LogP contribution in [0.15, 0.2) is 18.2 Å². The average Bonchev–Trinajstić information content (AvgIpc) is 3.08. The first-order chi connectivity index (χ1) is 10.2. The second-order valence-corrected chi connectivity index (χ2v) is 6.51. The van der Waals surface area contributed by atoms with E-state index in [0.29, 0.717) is 18.6 Å². The first-order valence-corrected chi connectivity index (χ1v) is 8.05. The van der Waals surface area contributed by atoms with E-state index in [1.54, 1.807) is 0 Å². The fraction of sp³-hybridized carbons (Fsp3) is 0.647. The van der Waals surface area contributed by atoms with Crippen molar-refractivity contribution in [2.75, 3.05) is 40.3 Å². The molecule has 1 aromatic rings. The molecule has 2 aliphatic rings. The average molecular weight is 289 g/mol. The highest BCUT2D eigenvalue weighted by Crippen LogP contribution is 2.33. The minimum atomic E-state index is 0.336. The summed E-state index contributed by atoms with van der Waals surface area (Å²) in [5.74, 6) is 1.06. The molecule has 0 spiro atoms. The third-order valence-electron chi connectivity index (χ3n) is 4.72. The van der Waals surface area contributed by atoms with Crippen LogP contribution in [0.1, 0.15) is 30.0 Å². The minimum Gasteiger partial charge on any atom is -0.493 e. The molecule has 1 saturated heterocycles. The fourth-order valence-corrected chi connectivity index (χ4v) is 3.76. The first-order valence-electron chi connectivity index (χ1n) is 8.05. The summed E-state index contributed by atoms with van der Waals surface area (Å²) in [6.07, 6.45) is 3.59. The van der Waals surface area contributed by atoms with Gasteiger partial charge in [0.05, 0.1) is 6.61 Å². The highest BCUT2D eigenvalue weighted by molar-refractivity contribution is 5.41. The third kappa shape index (κ3) is 3.07. The molecule has 0 saturated carbocycles. The van der Waals surface area contributed by atoms with E-state index in [1.807, 2.05) is 0 Å². The summed E-state index contributed by atoms with van der Waals surface area (Å²) in [5, 5.41) is 0. The molecule has 0 radical (unpaired) electrons. The summed E-state index contributed by atoms with van der Waals surface area (Å²) in [6.45, 7) is 3.78. The second kappa shape index (κ2) is 6.34. The van der Waals surface area contributed by atoms with Crippen molar-refractivity contribution in [3.05, 3.63) is 29.3 Å². The zero-order valence-electron chi connectivity index (χ0n) is 13.2. The SMILES string of the molecule is CN(C)CC1CCCN1C(CN)c1ccc2c(c1)CCO2. The molecule has 2 aliphatic heterocycles. The maximum Gasteiger partial charge on any atom is 0.122 e. The smallest absolute Gasteiger partial charge is 0.122 e. The number of rotatable bonds is 5. The lowest BCUT2D eigenvalue weighted by Gasteiger charge is -2.34. The molecule has 0 bridgehead atoms. The predicted octanol–water partition coefficient (Wildman–Crippen LogP) is 1.65. The maximum atomic E-state index is 6.14. The molecule has 2 N–H and O–H groups in total. The van der Waals surface area contributed by atoms with Gasteiger partial charge in [0.1, 0.15) is 5.75 Å². The van der Waals surface area contributed by atoms with Crippen LogP contribution in [0.2, 0.25) is 0 Å². The molecule has 21 heavy (non-hydrogen) atoms. The van der Waals surface area contributed by atoms with Gasteiger partial charge in [-0.1, -0.05) is 12.1 Å². The van der Waals surface area contributed by atoms with Crippen LogP contribution >= 0.6 is 0 Å². The molecule has 0 amide bonds. The van der Waals surface area contributed by atoms with Crippen molar-refractivity contribution >= 4 is 0 Å². The second-order valence-electron chi connectivity index (χ2n) is 6.51. The lowest BCUT2D eigenvalue weighted by Crippen LogP contribution is -2.42. The van der Waals surface area contributed by atoms with Crippen molar-refractivity contribution in [1.29, 1.82) is 0 Å². The molecule has 116 valence electrons. The van der Waals surface area contributed by atoms with Gasteiger partial charge in [0.15, 0.2) is 0 Å². The van der Waals surface area contributed by atoms with E-state index in [1.165, 1.54) is 24.0 Å². The van der Waals surface area contributed by atoms with Gasteiger partial charge in [0.2, 0.25) is 0 Å². The van der Waals surface area contributed by atoms with E-state index in [-0.39, 0.29) is 0 Å². The molecule has 0 aliphatic carbocycles. The standard InChI is InChI=1S/C17H27N3O/c1-19(2)12-15-4-3-8-20(15)16(11-18)13-5-6-17-14(10-13)7-9-21-17/h5-6,10,15-16H,3-4,7-9,11-12,18H2,1-2H3. The van der Waals surface area contributed by atoms with Crippen LogP contribution in [0.25, 0.3) is 0 Å². The molecule has 1 aromatic carbocycles. The van der Waals surface area contributed by atoms with E-state index in [2.05, 4.69) is 42.1 Å². The summed E-state index contributed by atoms with van der Waals surface area (Å²) in [7, 11) is 4.31. The summed E-state index contributed by atoms with van der Waals surface area (Å²) >= 11 is 0. The van der Waals surface area contributed by atoms with Gasteiger partial charge in [-0.05, 0) is 50.7 Å². The number of nitrogens with zero attached hydrogens (tertiary/aromatic N) is 2. The van der Waals surface area contributed by atoms with Crippen molar-refractivity contribution < 1.29 is 4.74 Å². The lowest BCUT2D eigenvalue weighted by atomic mass is 10.0. The molecular weight excluding hydrogens is 262 g/mol. The highest BCUT2D eigenvalue weighted by Gasteiger charge is 2.31. The molecule has 2 atom stereocenters. The van der Waals surface area contributed by atoms with Crippen LogP contribution in [-0.2, 0) is 6.42 Å². The van der Waals surface area contributed by atoms with Gasteiger partial charge in [-0.25, -0.2) is 0 Å². The Morgan fingerprint density at radius 3 is 3.05 bits per heavy atom. The minimum absolute atomic E-state index is 0.336. The monoisotopic (exact) mass is 289 g/mol. The van der Waals surface area contributed by atoms with Crippen LogP contribution in [0, 0.1) is 0 Å². The van der Waals surface area contributed by atoms with Gasteiger partial charge in [0, 0.05) is 31.6 Å². The Labute approximate surface area is 127 Å². The third-order valence-corrected chi connectivity index (χ3v) is 4.72. The van der Waals surface area contributed by atoms with Crippen LogP contribution in [0.3, 0.4) is 0 Å². The fourth-order valence-electron chi connectivity index (χ4n) is 3.76. The molecule has 1 fully saturated rings. The normalized spacial score (nSPS) is 23.3. The van der Waals surface area contributed by atoms with Gasteiger partial charge < -0.3 is 15.4 Å². The largest absolute Gasteiger partial charge is 0.493 e. The first kappa shape index (κ1) is 14.8. The van der Waals surface area contributed by atoms with Crippen LogP contribution in [-0.4, -0.2) is 56.2 Å². The van der Waals surface area contributed by atoms with Crippen molar-refractivity contribution in [2.45, 2.75) is 31.3 Å². The number of likely N-dealkylation sites (N-methyl/N-ethyl adjacent to an activating group) is 1. The summed E-state index contributed by atoms with van der Waals surface area (Å²) in [5.41, 5.74) is 8.83. The van der Waals surface area contributed by atoms with Crippen molar-refractivity contribution in [2.24, 2.45) is 5.73 Å². The van der Waals surface area contributed by atoms with Gasteiger partial charge in [0.25, 0.3) is 0 Å². The van der Waals surface area contributed by atoms with Crippen LogP contribution in [0.5, 0.6) is 5.75 Å².